The lowest BCUT2D eigenvalue weighted by Gasteiger charge is -2.24. The van der Waals surface area contributed by atoms with E-state index in [1.54, 1.807) is 50.3 Å². The van der Waals surface area contributed by atoms with Crippen LogP contribution in [0.1, 0.15) is 59.9 Å². The molecule has 12 heteroatoms. The molecule has 1 N–H and O–H groups in total. The van der Waals surface area contributed by atoms with E-state index in [9.17, 15) is 18.4 Å². The number of carbonyl (C=O) groups is 2. The summed E-state index contributed by atoms with van der Waals surface area (Å²) in [6.45, 7) is 0.514. The lowest BCUT2D eigenvalue weighted by atomic mass is 9.97. The number of hydrogen-bond donors (Lipinski definition) is 1. The number of ether oxygens (including phenoxy) is 2. The fourth-order valence-corrected chi connectivity index (χ4v) is 5.62. The molecule has 0 saturated carbocycles. The molecule has 0 unspecified atom stereocenters. The highest BCUT2D eigenvalue weighted by molar-refractivity contribution is 5.98. The predicted molar refractivity (Wildman–Crippen MR) is 140 cm³/mol. The molecule has 2 aliphatic heterocycles. The van der Waals surface area contributed by atoms with Crippen LogP contribution in [0.3, 0.4) is 0 Å². The number of carbonyl (C=O) groups excluding carboxylic acids is 2. The van der Waals surface area contributed by atoms with Crippen molar-refractivity contribution in [3.05, 3.63) is 71.6 Å². The Labute approximate surface area is 227 Å². The maximum atomic E-state index is 13.3. The Morgan fingerprint density at radius 2 is 1.88 bits per heavy atom. The van der Waals surface area contributed by atoms with E-state index in [0.29, 0.717) is 34.7 Å². The number of amides is 2. The number of halogens is 2. The van der Waals surface area contributed by atoms with Crippen LogP contribution in [0.2, 0.25) is 0 Å². The Bertz CT molecular complexity index is 1650. The number of hydrogen-bond acceptors (Lipinski definition) is 7. The molecule has 0 saturated heterocycles. The van der Waals surface area contributed by atoms with Crippen molar-refractivity contribution in [3.63, 3.8) is 0 Å². The third-order valence-electron chi connectivity index (χ3n) is 7.55. The summed E-state index contributed by atoms with van der Waals surface area (Å²) >= 11 is 0. The van der Waals surface area contributed by atoms with E-state index in [0.717, 1.165) is 16.6 Å². The molecule has 206 valence electrons. The Morgan fingerprint density at radius 3 is 2.58 bits per heavy atom. The molecule has 2 aromatic carbocycles. The average molecular weight is 549 g/mol. The molecule has 2 atom stereocenters. The Hall–Kier alpha value is -4.61. The molecule has 0 spiro atoms. The van der Waals surface area contributed by atoms with Gasteiger partial charge in [0.05, 0.1) is 35.8 Å². The Morgan fingerprint density at radius 1 is 1.12 bits per heavy atom. The molecular weight excluding hydrogens is 522 g/mol. The van der Waals surface area contributed by atoms with E-state index in [1.807, 2.05) is 22.8 Å². The van der Waals surface area contributed by atoms with Crippen LogP contribution in [0.5, 0.6) is 5.75 Å². The quantitative estimate of drug-likeness (QED) is 0.381. The lowest BCUT2D eigenvalue weighted by Crippen LogP contribution is -2.42. The van der Waals surface area contributed by atoms with Crippen LogP contribution in [-0.4, -0.2) is 57.2 Å². The normalized spacial score (nSPS) is 18.0. The van der Waals surface area contributed by atoms with Gasteiger partial charge in [0, 0.05) is 42.6 Å². The second kappa shape index (κ2) is 9.25. The first kappa shape index (κ1) is 25.7. The summed E-state index contributed by atoms with van der Waals surface area (Å²) in [4.78, 5) is 40.4. The fourth-order valence-electron chi connectivity index (χ4n) is 5.62. The summed E-state index contributed by atoms with van der Waals surface area (Å²) in [5, 5.41) is 2.71. The van der Waals surface area contributed by atoms with Gasteiger partial charge in [-0.1, -0.05) is 12.1 Å². The number of alkyl halides is 2. The summed E-state index contributed by atoms with van der Waals surface area (Å²) in [6.07, 6.45) is 3.24. The maximum Gasteiger partial charge on any atom is 0.407 e. The van der Waals surface area contributed by atoms with Crippen LogP contribution in [0, 0.1) is 0 Å². The van der Waals surface area contributed by atoms with Crippen molar-refractivity contribution in [3.8, 4) is 16.9 Å². The highest BCUT2D eigenvalue weighted by Gasteiger charge is 2.45. The molecule has 2 amide bonds. The second-order valence-corrected chi connectivity index (χ2v) is 10.4. The highest BCUT2D eigenvalue weighted by Crippen LogP contribution is 2.50. The van der Waals surface area contributed by atoms with Crippen LogP contribution in [0.4, 0.5) is 13.6 Å². The van der Waals surface area contributed by atoms with Crippen molar-refractivity contribution in [2.75, 3.05) is 14.2 Å². The minimum atomic E-state index is -3.03. The number of rotatable bonds is 5. The van der Waals surface area contributed by atoms with E-state index in [-0.39, 0.29) is 17.7 Å². The van der Waals surface area contributed by atoms with Gasteiger partial charge in [0.2, 0.25) is 0 Å². The van der Waals surface area contributed by atoms with E-state index < -0.39 is 24.3 Å². The molecule has 2 aliphatic rings. The first-order valence-electron chi connectivity index (χ1n) is 12.6. The molecule has 2 aromatic heterocycles. The summed E-state index contributed by atoms with van der Waals surface area (Å²) in [7, 11) is 2.99. The zero-order valence-corrected chi connectivity index (χ0v) is 22.2. The van der Waals surface area contributed by atoms with Crippen molar-refractivity contribution in [2.45, 2.75) is 44.5 Å². The van der Waals surface area contributed by atoms with Gasteiger partial charge in [-0.05, 0) is 43.7 Å². The van der Waals surface area contributed by atoms with Gasteiger partial charge < -0.3 is 24.3 Å². The number of benzene rings is 2. The molecule has 0 aliphatic carbocycles. The first-order valence-corrected chi connectivity index (χ1v) is 12.6. The Kier molecular flexibility index (Phi) is 5.93. The maximum absolute atomic E-state index is 13.3. The molecule has 4 aromatic rings. The summed E-state index contributed by atoms with van der Waals surface area (Å²) in [5.74, 6) is 0.822. The molecule has 10 nitrogen and oxygen atoms in total. The van der Waals surface area contributed by atoms with Crippen molar-refractivity contribution in [1.82, 2.24) is 29.7 Å². The summed E-state index contributed by atoms with van der Waals surface area (Å²) in [6, 6.07) is 9.65. The number of nitrogens with one attached hydrogen (secondary N) is 1. The minimum Gasteiger partial charge on any atom is -0.453 e. The monoisotopic (exact) mass is 548 g/mol. The number of methoxy groups -OCH3 is 1. The van der Waals surface area contributed by atoms with Gasteiger partial charge in [-0.15, -0.1) is 0 Å². The van der Waals surface area contributed by atoms with Gasteiger partial charge in [0.15, 0.2) is 5.82 Å². The van der Waals surface area contributed by atoms with Crippen molar-refractivity contribution in [2.24, 2.45) is 0 Å². The van der Waals surface area contributed by atoms with Crippen molar-refractivity contribution in [1.29, 1.82) is 0 Å². The lowest BCUT2D eigenvalue weighted by molar-refractivity contribution is -0.0507. The number of fused-ring (bicyclic) bond motifs is 9. The van der Waals surface area contributed by atoms with Crippen LogP contribution in [-0.2, 0) is 10.3 Å². The minimum absolute atomic E-state index is 0.0158. The van der Waals surface area contributed by atoms with E-state index in [1.165, 1.54) is 13.2 Å². The van der Waals surface area contributed by atoms with E-state index in [2.05, 4.69) is 20.0 Å². The van der Waals surface area contributed by atoms with Gasteiger partial charge in [-0.25, -0.2) is 19.7 Å². The van der Waals surface area contributed by atoms with Crippen molar-refractivity contribution >= 4 is 23.0 Å². The first-order chi connectivity index (χ1) is 19.1. The highest BCUT2D eigenvalue weighted by atomic mass is 19.3. The molecule has 2 bridgehead atoms. The summed E-state index contributed by atoms with van der Waals surface area (Å²) < 4.78 is 38.3. The topological polar surface area (TPSA) is 111 Å². The van der Waals surface area contributed by atoms with Gasteiger partial charge in [0.1, 0.15) is 11.6 Å². The van der Waals surface area contributed by atoms with Gasteiger partial charge in [-0.2, -0.15) is 8.78 Å². The summed E-state index contributed by atoms with van der Waals surface area (Å²) in [5.41, 5.74) is 2.97. The van der Waals surface area contributed by atoms with Crippen LogP contribution >= 0.6 is 0 Å². The number of aromatic nitrogens is 4. The zero-order chi connectivity index (χ0) is 28.3. The largest absolute Gasteiger partial charge is 0.453 e. The molecule has 0 radical (unpaired) electrons. The van der Waals surface area contributed by atoms with Crippen LogP contribution in [0.25, 0.3) is 22.2 Å². The molecular formula is C28H26F2N6O4. The second-order valence-electron chi connectivity index (χ2n) is 10.4. The number of alkyl carbamates (subject to hydrolysis) is 1. The van der Waals surface area contributed by atoms with Gasteiger partial charge in [0.25, 0.3) is 5.91 Å². The molecule has 6 rings (SSSR count). The van der Waals surface area contributed by atoms with Crippen molar-refractivity contribution < 1.29 is 27.8 Å². The SMILES string of the molecule is COC(=O)NC(C)(C)c1ncc(-c2ccc3nc4n(c3c2)[C@@H]2C[C@H]4N(C)C(=O)c3cccc(OC(F)F)c32)cn1. The van der Waals surface area contributed by atoms with E-state index >= 15 is 0 Å². The zero-order valence-electron chi connectivity index (χ0n) is 22.2. The molecule has 0 fully saturated rings. The third kappa shape index (κ3) is 4.02. The molecule has 4 heterocycles. The fraction of sp³-hybridized carbons (Fsp3) is 0.321. The number of imidazole rings is 1. The standard InChI is InChI=1S/C28H26F2N6O4/c1-28(2,34-27(38)39-4)25-31-12-15(13-32-25)14-8-9-17-18(10-14)36-19-11-20(23(36)33-17)35(3)24(37)16-6-5-7-21(22(16)19)40-26(29)30/h5-10,12-13,19-20,26H,11H2,1-4H3,(H,34,38)/t19-,20-/m1/s1. The predicted octanol–water partition coefficient (Wildman–Crippen LogP) is 4.81. The average Bonchev–Trinajstić information content (AvgIpc) is 3.45. The van der Waals surface area contributed by atoms with Gasteiger partial charge >= 0.3 is 12.7 Å². The number of nitrogens with zero attached hydrogens (tertiary/aromatic N) is 5. The smallest absolute Gasteiger partial charge is 0.407 e. The third-order valence-corrected chi connectivity index (χ3v) is 7.55. The van der Waals surface area contributed by atoms with Gasteiger partial charge in [-0.3, -0.25) is 4.79 Å². The Balaban J connectivity index is 1.44. The molecule has 40 heavy (non-hydrogen) atoms. The van der Waals surface area contributed by atoms with Crippen LogP contribution in [0.15, 0.2) is 48.8 Å². The van der Waals surface area contributed by atoms with E-state index in [4.69, 9.17) is 9.72 Å². The van der Waals surface area contributed by atoms with Crippen LogP contribution < -0.4 is 10.1 Å².